The van der Waals surface area contributed by atoms with E-state index in [1.165, 1.54) is 15.7 Å². The Hall–Kier alpha value is -0.500. The highest BCUT2D eigenvalue weighted by atomic mass is 79.9. The largest absolute Gasteiger partial charge is 0.384 e. The third-order valence-electron chi connectivity index (χ3n) is 1.81. The lowest BCUT2D eigenvalue weighted by Crippen LogP contribution is -1.90. The van der Waals surface area contributed by atoms with Crippen LogP contribution in [0.1, 0.15) is 19.4 Å². The minimum Gasteiger partial charge on any atom is -0.384 e. The molecule has 1 aliphatic heterocycles. The maximum absolute atomic E-state index is 3.51. The molecule has 0 saturated carbocycles. The minimum atomic E-state index is 1.08. The molecule has 1 aromatic carbocycles. The standard InChI is InChI=1S/C8H8BrN.C2H6/c9-7-2-1-3-8-6(7)4-5-10-8;1-2/h1-3,10H,4-5H2;1-2H3. The van der Waals surface area contributed by atoms with Gasteiger partial charge in [0.15, 0.2) is 0 Å². The molecule has 0 spiro atoms. The van der Waals surface area contributed by atoms with Gasteiger partial charge in [-0.3, -0.25) is 0 Å². The number of hydrogen-bond donors (Lipinski definition) is 1. The molecule has 0 atom stereocenters. The van der Waals surface area contributed by atoms with Gasteiger partial charge in [-0.05, 0) is 24.1 Å². The first kappa shape index (κ1) is 9.59. The third kappa shape index (κ3) is 1.81. The van der Waals surface area contributed by atoms with E-state index >= 15 is 0 Å². The van der Waals surface area contributed by atoms with E-state index in [4.69, 9.17) is 0 Å². The van der Waals surface area contributed by atoms with Crippen molar-refractivity contribution in [2.75, 3.05) is 11.9 Å². The van der Waals surface area contributed by atoms with E-state index in [2.05, 4.69) is 39.4 Å². The molecule has 1 nitrogen and oxygen atoms in total. The van der Waals surface area contributed by atoms with Gasteiger partial charge < -0.3 is 5.32 Å². The Kier molecular flexibility index (Phi) is 3.60. The van der Waals surface area contributed by atoms with Crippen LogP contribution in [-0.2, 0) is 6.42 Å². The number of hydrogen-bond acceptors (Lipinski definition) is 1. The Bertz CT molecular complexity index is 258. The van der Waals surface area contributed by atoms with Crippen molar-refractivity contribution in [2.45, 2.75) is 20.3 Å². The maximum atomic E-state index is 3.51. The molecule has 2 heteroatoms. The van der Waals surface area contributed by atoms with Crippen molar-refractivity contribution < 1.29 is 0 Å². The highest BCUT2D eigenvalue weighted by Crippen LogP contribution is 2.28. The van der Waals surface area contributed by atoms with Gasteiger partial charge in [0.2, 0.25) is 0 Å². The van der Waals surface area contributed by atoms with Crippen molar-refractivity contribution in [3.8, 4) is 0 Å². The highest BCUT2D eigenvalue weighted by molar-refractivity contribution is 9.10. The SMILES string of the molecule is Brc1cccc2c1CCN2.CC. The zero-order valence-electron chi connectivity index (χ0n) is 7.52. The van der Waals surface area contributed by atoms with Gasteiger partial charge in [0.1, 0.15) is 0 Å². The first-order valence-corrected chi connectivity index (χ1v) is 5.18. The summed E-state index contributed by atoms with van der Waals surface area (Å²) in [7, 11) is 0. The van der Waals surface area contributed by atoms with Gasteiger partial charge in [-0.2, -0.15) is 0 Å². The highest BCUT2D eigenvalue weighted by Gasteiger charge is 2.10. The molecule has 12 heavy (non-hydrogen) atoms. The average Bonchev–Trinajstić information content (AvgIpc) is 2.57. The number of fused-ring (bicyclic) bond motifs is 1. The molecule has 1 aliphatic rings. The molecule has 1 heterocycles. The van der Waals surface area contributed by atoms with E-state index in [9.17, 15) is 0 Å². The lowest BCUT2D eigenvalue weighted by atomic mass is 10.2. The van der Waals surface area contributed by atoms with Crippen molar-refractivity contribution in [1.29, 1.82) is 0 Å². The molecule has 2 rings (SSSR count). The van der Waals surface area contributed by atoms with E-state index < -0.39 is 0 Å². The first-order chi connectivity index (χ1) is 5.88. The van der Waals surface area contributed by atoms with Gasteiger partial charge in [0.25, 0.3) is 0 Å². The topological polar surface area (TPSA) is 12.0 Å². The molecule has 0 aliphatic carbocycles. The van der Waals surface area contributed by atoms with Crippen LogP contribution in [0, 0.1) is 0 Å². The Balaban J connectivity index is 0.000000336. The van der Waals surface area contributed by atoms with Gasteiger partial charge in [0, 0.05) is 16.7 Å². The second-order valence-electron chi connectivity index (χ2n) is 2.44. The van der Waals surface area contributed by atoms with Crippen LogP contribution in [0.15, 0.2) is 22.7 Å². The maximum Gasteiger partial charge on any atom is 0.0384 e. The lowest BCUT2D eigenvalue weighted by molar-refractivity contribution is 1.10. The molecule has 0 fully saturated rings. The summed E-state index contributed by atoms with van der Waals surface area (Å²) in [4.78, 5) is 0. The molecular formula is C10H14BrN. The van der Waals surface area contributed by atoms with Gasteiger partial charge in [0.05, 0.1) is 0 Å². The van der Waals surface area contributed by atoms with Crippen LogP contribution in [0.25, 0.3) is 0 Å². The Morgan fingerprint density at radius 3 is 2.75 bits per heavy atom. The van der Waals surface area contributed by atoms with Crippen molar-refractivity contribution >= 4 is 21.6 Å². The number of anilines is 1. The molecule has 0 aromatic heterocycles. The second kappa shape index (κ2) is 4.51. The van der Waals surface area contributed by atoms with Crippen LogP contribution in [0.2, 0.25) is 0 Å². The number of rotatable bonds is 0. The van der Waals surface area contributed by atoms with Crippen LogP contribution in [0.3, 0.4) is 0 Å². The summed E-state index contributed by atoms with van der Waals surface area (Å²) in [5.41, 5.74) is 2.71. The summed E-state index contributed by atoms with van der Waals surface area (Å²) in [6.45, 7) is 5.08. The fourth-order valence-electron chi connectivity index (χ4n) is 1.30. The Morgan fingerprint density at radius 2 is 2.08 bits per heavy atom. The molecule has 1 aromatic rings. The summed E-state index contributed by atoms with van der Waals surface area (Å²) in [5, 5.41) is 3.31. The van der Waals surface area contributed by atoms with E-state index in [1.807, 2.05) is 13.8 Å². The van der Waals surface area contributed by atoms with Gasteiger partial charge in [-0.15, -0.1) is 0 Å². The minimum absolute atomic E-state index is 1.08. The van der Waals surface area contributed by atoms with E-state index in [0.717, 1.165) is 13.0 Å². The summed E-state index contributed by atoms with van der Waals surface area (Å²) < 4.78 is 1.23. The van der Waals surface area contributed by atoms with Crippen LogP contribution >= 0.6 is 15.9 Å². The average molecular weight is 228 g/mol. The molecule has 1 N–H and O–H groups in total. The summed E-state index contributed by atoms with van der Waals surface area (Å²) in [6, 6.07) is 6.26. The van der Waals surface area contributed by atoms with Crippen LogP contribution < -0.4 is 5.32 Å². The molecule has 0 unspecified atom stereocenters. The number of halogens is 1. The summed E-state index contributed by atoms with van der Waals surface area (Å²) >= 11 is 3.51. The van der Waals surface area contributed by atoms with Gasteiger partial charge in [-0.25, -0.2) is 0 Å². The van der Waals surface area contributed by atoms with Crippen LogP contribution in [0.4, 0.5) is 5.69 Å². The van der Waals surface area contributed by atoms with Crippen molar-refractivity contribution in [1.82, 2.24) is 0 Å². The molecule has 0 radical (unpaired) electrons. The summed E-state index contributed by atoms with van der Waals surface area (Å²) in [6.07, 6.45) is 1.15. The zero-order chi connectivity index (χ0) is 8.97. The molecule has 0 saturated heterocycles. The van der Waals surface area contributed by atoms with E-state index in [1.54, 1.807) is 0 Å². The number of benzene rings is 1. The Labute approximate surface area is 82.3 Å². The van der Waals surface area contributed by atoms with Gasteiger partial charge in [-0.1, -0.05) is 35.8 Å². The zero-order valence-corrected chi connectivity index (χ0v) is 9.11. The van der Waals surface area contributed by atoms with Crippen molar-refractivity contribution in [2.24, 2.45) is 0 Å². The van der Waals surface area contributed by atoms with Crippen molar-refractivity contribution in [3.05, 3.63) is 28.2 Å². The quantitative estimate of drug-likeness (QED) is 0.717. The van der Waals surface area contributed by atoms with Gasteiger partial charge >= 0.3 is 0 Å². The molecule has 0 bridgehead atoms. The number of nitrogens with one attached hydrogen (secondary N) is 1. The first-order valence-electron chi connectivity index (χ1n) is 4.39. The third-order valence-corrected chi connectivity index (χ3v) is 2.55. The summed E-state index contributed by atoms with van der Waals surface area (Å²) in [5.74, 6) is 0. The monoisotopic (exact) mass is 227 g/mol. The van der Waals surface area contributed by atoms with Crippen LogP contribution in [0.5, 0.6) is 0 Å². The lowest BCUT2D eigenvalue weighted by Gasteiger charge is -1.99. The predicted octanol–water partition coefficient (Wildman–Crippen LogP) is 3.44. The van der Waals surface area contributed by atoms with Crippen molar-refractivity contribution in [3.63, 3.8) is 0 Å². The van der Waals surface area contributed by atoms with E-state index in [0.29, 0.717) is 0 Å². The molecule has 0 amide bonds. The molecular weight excluding hydrogens is 214 g/mol. The Morgan fingerprint density at radius 1 is 1.33 bits per heavy atom. The van der Waals surface area contributed by atoms with E-state index in [-0.39, 0.29) is 0 Å². The predicted molar refractivity (Wildman–Crippen MR) is 57.7 cm³/mol. The fourth-order valence-corrected chi connectivity index (χ4v) is 1.86. The second-order valence-corrected chi connectivity index (χ2v) is 3.30. The normalized spacial score (nSPS) is 12.6. The van der Waals surface area contributed by atoms with Crippen LogP contribution in [-0.4, -0.2) is 6.54 Å². The fraction of sp³-hybridized carbons (Fsp3) is 0.400. The smallest absolute Gasteiger partial charge is 0.0384 e. The molecule has 66 valence electrons.